The molecule has 1 aromatic carbocycles. The zero-order valence-electron chi connectivity index (χ0n) is 15.0. The summed E-state index contributed by atoms with van der Waals surface area (Å²) in [6.45, 7) is 4.60. The fourth-order valence-corrected chi connectivity index (χ4v) is 3.22. The van der Waals surface area contributed by atoms with E-state index in [1.807, 2.05) is 25.5 Å². The Labute approximate surface area is 166 Å². The van der Waals surface area contributed by atoms with Crippen LogP contribution in [-0.4, -0.2) is 60.8 Å². The molecule has 1 N–H and O–H groups in total. The maximum absolute atomic E-state index is 5.45. The summed E-state index contributed by atoms with van der Waals surface area (Å²) in [6.07, 6.45) is 4.10. The quantitative estimate of drug-likeness (QED) is 0.314. The van der Waals surface area contributed by atoms with Gasteiger partial charge in [0.25, 0.3) is 0 Å². The molecule has 25 heavy (non-hydrogen) atoms. The minimum Gasteiger partial charge on any atom is -0.381 e. The molecular weight excluding hydrogens is 429 g/mol. The molecule has 0 spiro atoms. The van der Waals surface area contributed by atoms with E-state index in [-0.39, 0.29) is 24.0 Å². The third kappa shape index (κ3) is 5.31. The molecule has 2 heterocycles. The molecule has 1 atom stereocenters. The van der Waals surface area contributed by atoms with Crippen molar-refractivity contribution in [2.75, 3.05) is 40.4 Å². The highest BCUT2D eigenvalue weighted by molar-refractivity contribution is 14.0. The van der Waals surface area contributed by atoms with Crippen molar-refractivity contribution in [3.63, 3.8) is 0 Å². The Balaban J connectivity index is 0.00000225. The van der Waals surface area contributed by atoms with Crippen LogP contribution in [0.3, 0.4) is 0 Å². The average molecular weight is 457 g/mol. The summed E-state index contributed by atoms with van der Waals surface area (Å²) in [5, 5.41) is 3.46. The summed E-state index contributed by atoms with van der Waals surface area (Å²) in [5.74, 6) is 1.57. The number of benzene rings is 1. The monoisotopic (exact) mass is 457 g/mol. The molecule has 0 saturated carbocycles. The smallest absolute Gasteiger partial charge is 0.193 e. The number of fused-ring (bicyclic) bond motifs is 1. The van der Waals surface area contributed by atoms with Gasteiger partial charge < -0.3 is 19.5 Å². The van der Waals surface area contributed by atoms with Crippen molar-refractivity contribution >= 4 is 41.0 Å². The van der Waals surface area contributed by atoms with Crippen LogP contribution in [0.1, 0.15) is 12.8 Å². The predicted octanol–water partition coefficient (Wildman–Crippen LogP) is 2.59. The standard InChI is InChI=1S/C18H27N5O.HI/c1-19-18(22(2)12-15-8-11-24-13-15)20-9-5-10-23-14-21-16-6-3-4-7-17(16)23;/h3-4,6-7,14-15H,5,8-13H2,1-2H3,(H,19,20);1H. The van der Waals surface area contributed by atoms with Crippen LogP contribution in [0.5, 0.6) is 0 Å². The predicted molar refractivity (Wildman–Crippen MR) is 113 cm³/mol. The van der Waals surface area contributed by atoms with Gasteiger partial charge in [0.15, 0.2) is 5.96 Å². The second kappa shape index (κ2) is 9.96. The molecule has 3 rings (SSSR count). The number of para-hydroxylation sites is 2. The molecule has 1 aliphatic rings. The molecule has 0 amide bonds. The Kier molecular flexibility index (Phi) is 7.95. The number of guanidine groups is 1. The van der Waals surface area contributed by atoms with Crippen LogP contribution in [0, 0.1) is 5.92 Å². The molecule has 1 saturated heterocycles. The van der Waals surface area contributed by atoms with E-state index < -0.39 is 0 Å². The summed E-state index contributed by atoms with van der Waals surface area (Å²) in [5.41, 5.74) is 2.25. The number of hydrogen-bond donors (Lipinski definition) is 1. The first-order chi connectivity index (χ1) is 11.8. The van der Waals surface area contributed by atoms with Crippen molar-refractivity contribution in [1.29, 1.82) is 0 Å². The SMILES string of the molecule is CN=C(NCCCn1cnc2ccccc21)N(C)CC1CCOC1.I. The topological polar surface area (TPSA) is 54.7 Å². The van der Waals surface area contributed by atoms with E-state index in [1.54, 1.807) is 0 Å². The molecule has 1 fully saturated rings. The van der Waals surface area contributed by atoms with Crippen LogP contribution < -0.4 is 5.32 Å². The van der Waals surface area contributed by atoms with Crippen LogP contribution in [0.25, 0.3) is 11.0 Å². The number of aliphatic imine (C=N–C) groups is 1. The lowest BCUT2D eigenvalue weighted by Crippen LogP contribution is -2.41. The highest BCUT2D eigenvalue weighted by Crippen LogP contribution is 2.13. The first-order valence-corrected chi connectivity index (χ1v) is 8.67. The summed E-state index contributed by atoms with van der Waals surface area (Å²) >= 11 is 0. The second-order valence-corrected chi connectivity index (χ2v) is 6.36. The van der Waals surface area contributed by atoms with Crippen molar-refractivity contribution in [3.05, 3.63) is 30.6 Å². The van der Waals surface area contributed by atoms with Crippen LogP contribution in [0.4, 0.5) is 0 Å². The van der Waals surface area contributed by atoms with Crippen LogP contribution >= 0.6 is 24.0 Å². The number of halogens is 1. The van der Waals surface area contributed by atoms with E-state index in [1.165, 1.54) is 5.52 Å². The summed E-state index contributed by atoms with van der Waals surface area (Å²) in [4.78, 5) is 11.0. The third-order valence-electron chi connectivity index (χ3n) is 4.52. The van der Waals surface area contributed by atoms with Crippen LogP contribution in [0.15, 0.2) is 35.6 Å². The van der Waals surface area contributed by atoms with Gasteiger partial charge in [-0.25, -0.2) is 4.98 Å². The summed E-state index contributed by atoms with van der Waals surface area (Å²) in [6, 6.07) is 8.25. The number of hydrogen-bond acceptors (Lipinski definition) is 3. The highest BCUT2D eigenvalue weighted by atomic mass is 127. The maximum Gasteiger partial charge on any atom is 0.193 e. The van der Waals surface area contributed by atoms with Gasteiger partial charge in [-0.2, -0.15) is 0 Å². The largest absolute Gasteiger partial charge is 0.381 e. The average Bonchev–Trinajstić information content (AvgIpc) is 3.25. The summed E-state index contributed by atoms with van der Waals surface area (Å²) < 4.78 is 7.66. The molecule has 1 aromatic heterocycles. The lowest BCUT2D eigenvalue weighted by Gasteiger charge is -2.24. The maximum atomic E-state index is 5.45. The zero-order chi connectivity index (χ0) is 16.8. The van der Waals surface area contributed by atoms with Gasteiger partial charge in [-0.3, -0.25) is 4.99 Å². The molecular formula is C18H28IN5O. The van der Waals surface area contributed by atoms with E-state index in [2.05, 4.69) is 43.9 Å². The number of ether oxygens (including phenoxy) is 1. The molecule has 2 aromatic rings. The van der Waals surface area contributed by atoms with Gasteiger partial charge >= 0.3 is 0 Å². The molecule has 0 aliphatic carbocycles. The fourth-order valence-electron chi connectivity index (χ4n) is 3.22. The molecule has 6 nitrogen and oxygen atoms in total. The van der Waals surface area contributed by atoms with E-state index >= 15 is 0 Å². The van der Waals surface area contributed by atoms with Gasteiger partial charge in [-0.15, -0.1) is 24.0 Å². The van der Waals surface area contributed by atoms with Crippen molar-refractivity contribution in [2.45, 2.75) is 19.4 Å². The van der Waals surface area contributed by atoms with Gasteiger partial charge in [0, 0.05) is 46.3 Å². The van der Waals surface area contributed by atoms with Gasteiger partial charge in [0.2, 0.25) is 0 Å². The summed E-state index contributed by atoms with van der Waals surface area (Å²) in [7, 11) is 3.93. The molecule has 0 radical (unpaired) electrons. The van der Waals surface area contributed by atoms with Crippen LogP contribution in [0.2, 0.25) is 0 Å². The van der Waals surface area contributed by atoms with Crippen molar-refractivity contribution < 1.29 is 4.74 Å². The lowest BCUT2D eigenvalue weighted by molar-refractivity contribution is 0.181. The molecule has 1 unspecified atom stereocenters. The Morgan fingerprint density at radius 2 is 2.28 bits per heavy atom. The zero-order valence-corrected chi connectivity index (χ0v) is 17.3. The molecule has 1 aliphatic heterocycles. The van der Waals surface area contributed by atoms with Crippen molar-refractivity contribution in [3.8, 4) is 0 Å². The van der Waals surface area contributed by atoms with Gasteiger partial charge in [0.1, 0.15) is 0 Å². The Morgan fingerprint density at radius 1 is 1.44 bits per heavy atom. The Morgan fingerprint density at radius 3 is 3.04 bits per heavy atom. The van der Waals surface area contributed by atoms with Gasteiger partial charge in [-0.05, 0) is 25.0 Å². The molecule has 0 bridgehead atoms. The Hall–Kier alpha value is -1.35. The Bertz CT molecular complexity index is 681. The second-order valence-electron chi connectivity index (χ2n) is 6.36. The number of aromatic nitrogens is 2. The third-order valence-corrected chi connectivity index (χ3v) is 4.52. The number of imidazole rings is 1. The van der Waals surface area contributed by atoms with E-state index in [9.17, 15) is 0 Å². The first-order valence-electron chi connectivity index (χ1n) is 8.67. The van der Waals surface area contributed by atoms with Gasteiger partial charge in [0.05, 0.1) is 24.0 Å². The van der Waals surface area contributed by atoms with E-state index in [4.69, 9.17) is 4.74 Å². The first kappa shape index (κ1) is 20.0. The van der Waals surface area contributed by atoms with E-state index in [0.29, 0.717) is 5.92 Å². The molecule has 138 valence electrons. The van der Waals surface area contributed by atoms with Crippen molar-refractivity contribution in [1.82, 2.24) is 19.8 Å². The normalized spacial score (nSPS) is 17.5. The van der Waals surface area contributed by atoms with Gasteiger partial charge in [-0.1, -0.05) is 12.1 Å². The van der Waals surface area contributed by atoms with Crippen LogP contribution in [-0.2, 0) is 11.3 Å². The molecule has 7 heteroatoms. The number of nitrogens with one attached hydrogen (secondary N) is 1. The number of aryl methyl sites for hydroxylation is 1. The highest BCUT2D eigenvalue weighted by Gasteiger charge is 2.18. The lowest BCUT2D eigenvalue weighted by atomic mass is 10.1. The minimum atomic E-state index is 0. The fraction of sp³-hybridized carbons (Fsp3) is 0.556. The number of rotatable bonds is 6. The minimum absolute atomic E-state index is 0. The van der Waals surface area contributed by atoms with E-state index in [0.717, 1.165) is 57.2 Å². The number of nitrogens with zero attached hydrogens (tertiary/aromatic N) is 4. The van der Waals surface area contributed by atoms with Crippen molar-refractivity contribution in [2.24, 2.45) is 10.9 Å².